The Balaban J connectivity index is 4.28. The molecule has 26 heavy (non-hydrogen) atoms. The summed E-state index contributed by atoms with van der Waals surface area (Å²) in [6.45, 7) is 5.67. The molecule has 0 aliphatic heterocycles. The minimum atomic E-state index is -1.37. The third-order valence-corrected chi connectivity index (χ3v) is 3.61. The maximum absolute atomic E-state index is 12.0. The van der Waals surface area contributed by atoms with Crippen molar-refractivity contribution in [3.8, 4) is 0 Å². The van der Waals surface area contributed by atoms with Gasteiger partial charge in [0.05, 0.1) is 13.0 Å². The van der Waals surface area contributed by atoms with Crippen LogP contribution in [0.15, 0.2) is 17.9 Å². The second-order valence-electron chi connectivity index (χ2n) is 6.35. The molecule has 148 valence electrons. The summed E-state index contributed by atoms with van der Waals surface area (Å²) >= 11 is 3.98. The summed E-state index contributed by atoms with van der Waals surface area (Å²) < 4.78 is 5.11. The van der Waals surface area contributed by atoms with Crippen LogP contribution in [0.4, 0.5) is 0 Å². The zero-order valence-electron chi connectivity index (χ0n) is 15.7. The Morgan fingerprint density at radius 3 is 2.54 bits per heavy atom. The number of hydrogen-bond acceptors (Lipinski definition) is 6. The van der Waals surface area contributed by atoms with Gasteiger partial charge in [-0.15, -0.1) is 5.73 Å². The molecular weight excluding hydrogens is 356 g/mol. The summed E-state index contributed by atoms with van der Waals surface area (Å²) in [5.74, 6) is -0.733. The predicted octanol–water partition coefficient (Wildman–Crippen LogP) is 0.980. The molecule has 0 aliphatic carbocycles. The molecule has 0 spiro atoms. The van der Waals surface area contributed by atoms with E-state index in [1.807, 2.05) is 6.92 Å². The van der Waals surface area contributed by atoms with Crippen LogP contribution in [0, 0.1) is 5.41 Å². The minimum Gasteiger partial charge on any atom is -0.465 e. The molecule has 0 aromatic heterocycles. The topological polar surface area (TPSA) is 105 Å². The van der Waals surface area contributed by atoms with Crippen LogP contribution in [-0.4, -0.2) is 54.4 Å². The van der Waals surface area contributed by atoms with Crippen LogP contribution in [0.1, 0.15) is 40.0 Å². The van der Waals surface area contributed by atoms with Gasteiger partial charge in [-0.05, 0) is 18.6 Å². The van der Waals surface area contributed by atoms with Crippen LogP contribution in [0.3, 0.4) is 0 Å². The first kappa shape index (κ1) is 24.2. The number of nitrogens with one attached hydrogen (secondary N) is 2. The van der Waals surface area contributed by atoms with Gasteiger partial charge in [0, 0.05) is 30.7 Å². The summed E-state index contributed by atoms with van der Waals surface area (Å²) in [6, 6.07) is 0. The van der Waals surface area contributed by atoms with Gasteiger partial charge in [0.1, 0.15) is 6.10 Å². The molecule has 0 aromatic rings. The summed E-state index contributed by atoms with van der Waals surface area (Å²) in [5.41, 5.74) is 1.89. The maximum atomic E-state index is 12.0. The van der Waals surface area contributed by atoms with E-state index in [9.17, 15) is 19.5 Å². The Kier molecular flexibility index (Phi) is 12.5. The number of hydrogen-bond donors (Lipinski definition) is 4. The molecule has 7 nitrogen and oxygen atoms in total. The fourth-order valence-corrected chi connectivity index (χ4v) is 1.89. The Morgan fingerprint density at radius 1 is 1.23 bits per heavy atom. The molecule has 0 unspecified atom stereocenters. The van der Waals surface area contributed by atoms with Crippen LogP contribution < -0.4 is 10.6 Å². The van der Waals surface area contributed by atoms with Crippen LogP contribution >= 0.6 is 12.6 Å². The van der Waals surface area contributed by atoms with E-state index in [2.05, 4.69) is 29.0 Å². The number of carbonyl (C=O) groups excluding carboxylic acids is 3. The zero-order chi connectivity index (χ0) is 20.0. The van der Waals surface area contributed by atoms with Gasteiger partial charge in [-0.1, -0.05) is 20.8 Å². The summed E-state index contributed by atoms with van der Waals surface area (Å²) in [4.78, 5) is 35.1. The Bertz CT molecular complexity index is 528. The molecule has 0 fully saturated rings. The normalized spacial score (nSPS) is 11.7. The largest absolute Gasteiger partial charge is 0.465 e. The summed E-state index contributed by atoms with van der Waals surface area (Å²) in [7, 11) is 0. The fraction of sp³-hybridized carbons (Fsp3) is 0.667. The molecule has 0 radical (unpaired) electrons. The Hall–Kier alpha value is -1.76. The number of carbonyl (C=O) groups is 3. The molecule has 0 aliphatic rings. The monoisotopic (exact) mass is 386 g/mol. The lowest BCUT2D eigenvalue weighted by atomic mass is 9.87. The first-order valence-corrected chi connectivity index (χ1v) is 9.26. The van der Waals surface area contributed by atoms with Crippen molar-refractivity contribution in [3.63, 3.8) is 0 Å². The van der Waals surface area contributed by atoms with Crippen molar-refractivity contribution < 1.29 is 24.2 Å². The van der Waals surface area contributed by atoms with Gasteiger partial charge < -0.3 is 20.5 Å². The first-order valence-electron chi connectivity index (χ1n) is 8.63. The molecule has 0 saturated heterocycles. The minimum absolute atomic E-state index is 0.0796. The van der Waals surface area contributed by atoms with E-state index < -0.39 is 23.4 Å². The highest BCUT2D eigenvalue weighted by atomic mass is 32.1. The van der Waals surface area contributed by atoms with Gasteiger partial charge in [0.2, 0.25) is 11.8 Å². The van der Waals surface area contributed by atoms with E-state index >= 15 is 0 Å². The zero-order valence-corrected chi connectivity index (χ0v) is 16.6. The average molecular weight is 387 g/mol. The molecular formula is C18H30N2O5S. The van der Waals surface area contributed by atoms with E-state index in [0.717, 1.165) is 6.42 Å². The molecule has 0 heterocycles. The van der Waals surface area contributed by atoms with Crippen molar-refractivity contribution in [3.05, 3.63) is 17.9 Å². The third-order valence-electron chi connectivity index (χ3n) is 3.39. The number of amides is 2. The number of esters is 1. The maximum Gasteiger partial charge on any atom is 0.310 e. The lowest BCUT2D eigenvalue weighted by Gasteiger charge is -2.28. The average Bonchev–Trinajstić information content (AvgIpc) is 2.61. The summed E-state index contributed by atoms with van der Waals surface area (Å²) in [5, 5.41) is 15.3. The molecule has 0 saturated carbocycles. The molecule has 0 bridgehead atoms. The van der Waals surface area contributed by atoms with Gasteiger partial charge in [-0.25, -0.2) is 0 Å². The molecule has 8 heteroatoms. The van der Waals surface area contributed by atoms with E-state index in [1.165, 1.54) is 0 Å². The fourth-order valence-electron chi connectivity index (χ4n) is 1.78. The number of ether oxygens (including phenoxy) is 1. The van der Waals surface area contributed by atoms with Gasteiger partial charge in [-0.2, -0.15) is 12.6 Å². The Labute approximate surface area is 160 Å². The van der Waals surface area contributed by atoms with Crippen molar-refractivity contribution in [1.29, 1.82) is 0 Å². The highest BCUT2D eigenvalue weighted by Gasteiger charge is 2.34. The Morgan fingerprint density at radius 2 is 1.92 bits per heavy atom. The molecule has 2 amide bonds. The van der Waals surface area contributed by atoms with Crippen molar-refractivity contribution in [2.24, 2.45) is 5.41 Å². The molecule has 0 aromatic carbocycles. The van der Waals surface area contributed by atoms with Gasteiger partial charge in [0.15, 0.2) is 0 Å². The lowest BCUT2D eigenvalue weighted by molar-refractivity contribution is -0.152. The highest BCUT2D eigenvalue weighted by Crippen LogP contribution is 2.21. The summed E-state index contributed by atoms with van der Waals surface area (Å²) in [6.07, 6.45) is 3.02. The second kappa shape index (κ2) is 13.4. The van der Waals surface area contributed by atoms with Crippen molar-refractivity contribution in [2.45, 2.75) is 46.1 Å². The quantitative estimate of drug-likeness (QED) is 0.227. The van der Waals surface area contributed by atoms with Crippen molar-refractivity contribution in [2.75, 3.05) is 25.4 Å². The van der Waals surface area contributed by atoms with Gasteiger partial charge in [0.25, 0.3) is 0 Å². The number of aliphatic hydroxyl groups is 1. The van der Waals surface area contributed by atoms with E-state index in [-0.39, 0.29) is 31.9 Å². The van der Waals surface area contributed by atoms with Gasteiger partial charge in [-0.3, -0.25) is 14.4 Å². The molecule has 1 atom stereocenters. The van der Waals surface area contributed by atoms with Crippen molar-refractivity contribution in [1.82, 2.24) is 10.6 Å². The second-order valence-corrected chi connectivity index (χ2v) is 6.80. The third kappa shape index (κ3) is 11.0. The number of thiol groups is 1. The molecule has 0 rings (SSSR count). The first-order chi connectivity index (χ1) is 12.2. The van der Waals surface area contributed by atoms with Crippen molar-refractivity contribution >= 4 is 30.4 Å². The lowest BCUT2D eigenvalue weighted by Crippen LogP contribution is -2.47. The van der Waals surface area contributed by atoms with Gasteiger partial charge >= 0.3 is 5.97 Å². The highest BCUT2D eigenvalue weighted by molar-refractivity contribution is 7.80. The van der Waals surface area contributed by atoms with Crippen LogP contribution in [0.25, 0.3) is 0 Å². The SMILES string of the molecule is CCC=C=CCC(=O)OCC(C)(C)[C@H](O)C(=O)NCCC(=O)NCCS. The van der Waals surface area contributed by atoms with E-state index in [1.54, 1.807) is 26.0 Å². The van der Waals surface area contributed by atoms with E-state index in [4.69, 9.17) is 4.74 Å². The van der Waals surface area contributed by atoms with Crippen LogP contribution in [-0.2, 0) is 19.1 Å². The van der Waals surface area contributed by atoms with E-state index in [0.29, 0.717) is 12.3 Å². The van der Waals surface area contributed by atoms with Crippen LogP contribution in [0.2, 0.25) is 0 Å². The number of aliphatic hydroxyl groups excluding tert-OH is 1. The molecule has 3 N–H and O–H groups in total. The standard InChI is InChI=1S/C18H30N2O5S/c1-4-5-6-7-8-15(22)25-13-18(2,3)16(23)17(24)20-10-9-14(21)19-11-12-26/h5,7,16,23,26H,4,8-13H2,1-3H3,(H,19,21)(H,20,24)/t6?,16-/m1/s1. The predicted molar refractivity (Wildman–Crippen MR) is 103 cm³/mol. The smallest absolute Gasteiger partial charge is 0.310 e. The van der Waals surface area contributed by atoms with Crippen LogP contribution in [0.5, 0.6) is 0 Å². The number of rotatable bonds is 12.